The first-order chi connectivity index (χ1) is 12.2. The van der Waals surface area contributed by atoms with E-state index < -0.39 is 0 Å². The van der Waals surface area contributed by atoms with Crippen molar-refractivity contribution < 1.29 is 19.6 Å². The molecule has 1 unspecified atom stereocenters. The molecule has 25 heavy (non-hydrogen) atoms. The van der Waals surface area contributed by atoms with Gasteiger partial charge in [0.05, 0.1) is 7.11 Å². The maximum absolute atomic E-state index is 10.6. The number of hydrogen-bond acceptors (Lipinski definition) is 5. The Kier molecular flexibility index (Phi) is 3.48. The molecule has 1 N–H and O–H groups in total. The zero-order valence-electron chi connectivity index (χ0n) is 13.8. The Balaban J connectivity index is 1.60. The standard InChI is InChI=1S/C19H18BrNO4/c1-23-18-7-15(20)13-5-16-12-6-17-11(9-24-25-17)4-10(12)2-3-21(16)8-14(13)19(18)22/h4,6-7,16,22H,2-3,5,8-9H2,1H3. The van der Waals surface area contributed by atoms with Gasteiger partial charge in [-0.25, -0.2) is 0 Å². The second kappa shape index (κ2) is 5.62. The van der Waals surface area contributed by atoms with Crippen molar-refractivity contribution in [1.82, 2.24) is 4.90 Å². The fraction of sp³-hybridized carbons (Fsp3) is 0.368. The van der Waals surface area contributed by atoms with Crippen molar-refractivity contribution in [2.75, 3.05) is 13.7 Å². The summed E-state index contributed by atoms with van der Waals surface area (Å²) in [4.78, 5) is 12.9. The lowest BCUT2D eigenvalue weighted by Crippen LogP contribution is -2.39. The van der Waals surface area contributed by atoms with Crippen molar-refractivity contribution in [2.24, 2.45) is 0 Å². The number of methoxy groups -OCH3 is 1. The molecule has 6 heteroatoms. The molecule has 0 radical (unpaired) electrons. The summed E-state index contributed by atoms with van der Waals surface area (Å²) in [7, 11) is 1.58. The SMILES string of the molecule is COc1cc(Br)c2c(c1O)CN1CCc3cc4c(cc3C1C2)OOC4. The van der Waals surface area contributed by atoms with Gasteiger partial charge in [-0.2, -0.15) is 4.89 Å². The predicted octanol–water partition coefficient (Wildman–Crippen LogP) is 3.64. The van der Waals surface area contributed by atoms with E-state index in [4.69, 9.17) is 14.5 Å². The Morgan fingerprint density at radius 3 is 2.96 bits per heavy atom. The summed E-state index contributed by atoms with van der Waals surface area (Å²) in [5.41, 5.74) is 5.94. The van der Waals surface area contributed by atoms with E-state index in [-0.39, 0.29) is 11.8 Å². The molecule has 5 rings (SSSR count). The van der Waals surface area contributed by atoms with Crippen LogP contribution in [-0.4, -0.2) is 23.7 Å². The van der Waals surface area contributed by atoms with Crippen molar-refractivity contribution in [3.8, 4) is 17.2 Å². The quantitative estimate of drug-likeness (QED) is 0.736. The highest BCUT2D eigenvalue weighted by molar-refractivity contribution is 9.10. The van der Waals surface area contributed by atoms with Gasteiger partial charge in [-0.05, 0) is 47.7 Å². The molecule has 1 atom stereocenters. The molecule has 2 aromatic carbocycles. The summed E-state index contributed by atoms with van der Waals surface area (Å²) < 4.78 is 6.30. The summed E-state index contributed by atoms with van der Waals surface area (Å²) in [5, 5.41) is 10.6. The second-order valence-corrected chi connectivity index (χ2v) is 7.67. The van der Waals surface area contributed by atoms with Crippen LogP contribution in [0.25, 0.3) is 0 Å². The molecular weight excluding hydrogens is 386 g/mol. The van der Waals surface area contributed by atoms with Crippen molar-refractivity contribution in [3.05, 3.63) is 50.5 Å². The van der Waals surface area contributed by atoms with Gasteiger partial charge in [0, 0.05) is 34.7 Å². The number of halogens is 1. The predicted molar refractivity (Wildman–Crippen MR) is 94.8 cm³/mol. The Hall–Kier alpha value is -1.76. The Bertz CT molecular complexity index is 882. The first-order valence-electron chi connectivity index (χ1n) is 8.42. The summed E-state index contributed by atoms with van der Waals surface area (Å²) in [6.45, 7) is 2.22. The van der Waals surface area contributed by atoms with Gasteiger partial charge >= 0.3 is 0 Å². The van der Waals surface area contributed by atoms with Gasteiger partial charge in [0.2, 0.25) is 0 Å². The van der Waals surface area contributed by atoms with Gasteiger partial charge < -0.3 is 14.7 Å². The zero-order chi connectivity index (χ0) is 17.1. The number of fused-ring (bicyclic) bond motifs is 5. The molecule has 0 aliphatic carbocycles. The topological polar surface area (TPSA) is 51.2 Å². The highest BCUT2D eigenvalue weighted by atomic mass is 79.9. The van der Waals surface area contributed by atoms with Gasteiger partial charge in [0.25, 0.3) is 0 Å². The lowest BCUT2D eigenvalue weighted by atomic mass is 9.83. The summed E-state index contributed by atoms with van der Waals surface area (Å²) in [6.07, 6.45) is 1.85. The van der Waals surface area contributed by atoms with Gasteiger partial charge in [0.15, 0.2) is 17.2 Å². The van der Waals surface area contributed by atoms with Crippen LogP contribution in [0.15, 0.2) is 22.7 Å². The Morgan fingerprint density at radius 2 is 2.12 bits per heavy atom. The van der Waals surface area contributed by atoms with Crippen LogP contribution in [0.2, 0.25) is 0 Å². The maximum Gasteiger partial charge on any atom is 0.171 e. The largest absolute Gasteiger partial charge is 0.504 e. The van der Waals surface area contributed by atoms with Crippen LogP contribution in [0.1, 0.15) is 33.9 Å². The van der Waals surface area contributed by atoms with Crippen LogP contribution < -0.4 is 9.62 Å². The Labute approximate surface area is 154 Å². The smallest absolute Gasteiger partial charge is 0.171 e. The molecule has 2 aromatic rings. The summed E-state index contributed by atoms with van der Waals surface area (Å²) >= 11 is 3.66. The van der Waals surface area contributed by atoms with Gasteiger partial charge in [-0.1, -0.05) is 15.9 Å². The van der Waals surface area contributed by atoms with Gasteiger partial charge in [-0.15, -0.1) is 0 Å². The number of rotatable bonds is 1. The fourth-order valence-electron chi connectivity index (χ4n) is 4.26. The number of phenolic OH excluding ortho intramolecular Hbond substituents is 1. The van der Waals surface area contributed by atoms with Crippen molar-refractivity contribution in [3.63, 3.8) is 0 Å². The molecule has 3 aliphatic rings. The van der Waals surface area contributed by atoms with E-state index in [1.54, 1.807) is 7.11 Å². The highest BCUT2D eigenvalue weighted by Crippen LogP contribution is 2.47. The fourth-order valence-corrected chi connectivity index (χ4v) is 4.87. The van der Waals surface area contributed by atoms with Crippen LogP contribution >= 0.6 is 15.9 Å². The molecule has 130 valence electrons. The normalized spacial score (nSPS) is 21.0. The lowest BCUT2D eigenvalue weighted by Gasteiger charge is -2.42. The molecule has 0 spiro atoms. The lowest BCUT2D eigenvalue weighted by molar-refractivity contribution is -0.194. The average molecular weight is 404 g/mol. The second-order valence-electron chi connectivity index (χ2n) is 6.81. The van der Waals surface area contributed by atoms with E-state index in [0.29, 0.717) is 12.4 Å². The third-order valence-corrected chi connectivity index (χ3v) is 6.27. The van der Waals surface area contributed by atoms with Crippen LogP contribution in [0.5, 0.6) is 17.2 Å². The van der Waals surface area contributed by atoms with E-state index in [9.17, 15) is 5.11 Å². The van der Waals surface area contributed by atoms with E-state index in [1.165, 1.54) is 11.1 Å². The van der Waals surface area contributed by atoms with Crippen molar-refractivity contribution >= 4 is 15.9 Å². The molecule has 0 amide bonds. The van der Waals surface area contributed by atoms with E-state index in [0.717, 1.165) is 52.8 Å². The maximum atomic E-state index is 10.6. The van der Waals surface area contributed by atoms with Crippen LogP contribution in [-0.2, 0) is 30.9 Å². The zero-order valence-corrected chi connectivity index (χ0v) is 15.4. The third kappa shape index (κ3) is 2.28. The molecule has 0 bridgehead atoms. The highest BCUT2D eigenvalue weighted by Gasteiger charge is 2.36. The monoisotopic (exact) mass is 403 g/mol. The number of hydrogen-bond donors (Lipinski definition) is 1. The number of ether oxygens (including phenoxy) is 1. The number of benzene rings is 2. The molecule has 0 saturated carbocycles. The summed E-state index contributed by atoms with van der Waals surface area (Å²) in [6, 6.07) is 6.50. The molecule has 0 saturated heterocycles. The molecule has 0 aromatic heterocycles. The van der Waals surface area contributed by atoms with Crippen molar-refractivity contribution in [1.29, 1.82) is 0 Å². The van der Waals surface area contributed by atoms with Crippen LogP contribution in [0.3, 0.4) is 0 Å². The van der Waals surface area contributed by atoms with Crippen LogP contribution in [0, 0.1) is 0 Å². The molecule has 3 heterocycles. The molecule has 5 nitrogen and oxygen atoms in total. The molecule has 0 fully saturated rings. The minimum absolute atomic E-state index is 0.260. The number of phenols is 1. The van der Waals surface area contributed by atoms with Crippen LogP contribution in [0.4, 0.5) is 0 Å². The number of aromatic hydroxyl groups is 1. The Morgan fingerprint density at radius 1 is 1.24 bits per heavy atom. The van der Waals surface area contributed by atoms with Crippen molar-refractivity contribution in [2.45, 2.75) is 32.0 Å². The van der Waals surface area contributed by atoms with E-state index in [2.05, 4.69) is 33.0 Å². The third-order valence-electron chi connectivity index (χ3n) is 5.56. The first-order valence-corrected chi connectivity index (χ1v) is 9.21. The number of nitrogens with zero attached hydrogens (tertiary/aromatic N) is 1. The van der Waals surface area contributed by atoms with E-state index >= 15 is 0 Å². The summed E-state index contributed by atoms with van der Waals surface area (Å²) in [5.74, 6) is 1.61. The minimum atomic E-state index is 0.260. The molecule has 3 aliphatic heterocycles. The minimum Gasteiger partial charge on any atom is -0.504 e. The van der Waals surface area contributed by atoms with Gasteiger partial charge in [0.1, 0.15) is 6.61 Å². The van der Waals surface area contributed by atoms with Gasteiger partial charge in [-0.3, -0.25) is 4.90 Å². The average Bonchev–Trinajstić information content (AvgIpc) is 3.09. The molecular formula is C19H18BrNO4. The first kappa shape index (κ1) is 15.5. The van der Waals surface area contributed by atoms with E-state index in [1.807, 2.05) is 6.07 Å².